The zero-order valence-corrected chi connectivity index (χ0v) is 21.3. The quantitative estimate of drug-likeness (QED) is 0.309. The average molecular weight is 537 g/mol. The van der Waals surface area contributed by atoms with Crippen LogP contribution < -0.4 is 9.88 Å². The Labute approximate surface area is 220 Å². The summed E-state index contributed by atoms with van der Waals surface area (Å²) < 4.78 is 40.5. The molecular weight excluding hydrogens is 508 g/mol. The molecule has 1 atom stereocenters. The van der Waals surface area contributed by atoms with Gasteiger partial charge in [-0.15, -0.1) is 0 Å². The molecule has 1 aromatic heterocycles. The Hall–Kier alpha value is -3.54. The molecule has 9 nitrogen and oxygen atoms in total. The number of aliphatic hydroxyl groups is 2. The van der Waals surface area contributed by atoms with Crippen molar-refractivity contribution in [1.29, 1.82) is 0 Å². The van der Waals surface area contributed by atoms with Gasteiger partial charge < -0.3 is 24.1 Å². The van der Waals surface area contributed by atoms with E-state index in [1.54, 1.807) is 30.3 Å². The number of nitrogens with zero attached hydrogens (tertiary/aromatic N) is 1. The Balaban J connectivity index is 1.39. The highest BCUT2D eigenvalue weighted by Gasteiger charge is 2.32. The van der Waals surface area contributed by atoms with E-state index < -0.39 is 21.7 Å². The van der Waals surface area contributed by atoms with Crippen molar-refractivity contribution in [1.82, 2.24) is 4.98 Å². The molecule has 0 amide bonds. The van der Waals surface area contributed by atoms with E-state index in [0.717, 1.165) is 11.1 Å². The summed E-state index contributed by atoms with van der Waals surface area (Å²) in [6, 6.07) is 22.4. The van der Waals surface area contributed by atoms with Crippen LogP contribution in [0.1, 0.15) is 30.4 Å². The minimum atomic E-state index is -3.84. The molecule has 3 aromatic carbocycles. The molecule has 1 fully saturated rings. The molecule has 0 spiro atoms. The zero-order valence-electron chi connectivity index (χ0n) is 20.5. The molecule has 0 aliphatic carbocycles. The molecule has 0 bridgehead atoms. The first kappa shape index (κ1) is 26.1. The first-order chi connectivity index (χ1) is 18.2. The Morgan fingerprint density at radius 3 is 2.37 bits per heavy atom. The Morgan fingerprint density at radius 2 is 1.68 bits per heavy atom. The van der Waals surface area contributed by atoms with Gasteiger partial charge in [0.05, 0.1) is 10.5 Å². The van der Waals surface area contributed by atoms with Crippen molar-refractivity contribution >= 4 is 10.0 Å². The molecular formula is C28H28N2O7S. The van der Waals surface area contributed by atoms with Gasteiger partial charge in [-0.05, 0) is 42.0 Å². The Bertz CT molecular complexity index is 1500. The summed E-state index contributed by atoms with van der Waals surface area (Å²) >= 11 is 0. The van der Waals surface area contributed by atoms with Crippen LogP contribution >= 0.6 is 0 Å². The number of oxazole rings is 1. The van der Waals surface area contributed by atoms with Crippen molar-refractivity contribution in [2.45, 2.75) is 29.4 Å². The van der Waals surface area contributed by atoms with Gasteiger partial charge in [0.1, 0.15) is 18.1 Å². The van der Waals surface area contributed by atoms with Crippen molar-refractivity contribution in [3.63, 3.8) is 0 Å². The summed E-state index contributed by atoms with van der Waals surface area (Å²) in [5.74, 6) is 0.915. The second-order valence-corrected chi connectivity index (χ2v) is 10.7. The zero-order chi connectivity index (χ0) is 26.8. The lowest BCUT2D eigenvalue weighted by Gasteiger charge is -2.32. The van der Waals surface area contributed by atoms with Gasteiger partial charge in [0.15, 0.2) is 11.9 Å². The molecule has 0 radical (unpaired) electrons. The highest BCUT2D eigenvalue weighted by atomic mass is 32.2. The summed E-state index contributed by atoms with van der Waals surface area (Å²) in [6.07, 6.45) is -0.193. The van der Waals surface area contributed by atoms with Crippen molar-refractivity contribution in [2.24, 2.45) is 5.14 Å². The SMILES string of the molecule is NS(=O)(=O)c1ccc(-c2oc(C(O)COc3cccc(C4(O)CCOCC4)c3)nc2-c2ccccc2)cc1. The summed E-state index contributed by atoms with van der Waals surface area (Å²) in [4.78, 5) is 4.52. The lowest BCUT2D eigenvalue weighted by Crippen LogP contribution is -2.33. The molecule has 1 unspecified atom stereocenters. The number of rotatable bonds is 8. The predicted octanol–water partition coefficient (Wildman–Crippen LogP) is 3.77. The second kappa shape index (κ2) is 10.7. The van der Waals surface area contributed by atoms with Gasteiger partial charge in [0.2, 0.25) is 15.9 Å². The van der Waals surface area contributed by atoms with Crippen molar-refractivity contribution in [2.75, 3.05) is 19.8 Å². The normalized spacial score (nSPS) is 16.2. The number of hydrogen-bond donors (Lipinski definition) is 3. The maximum absolute atomic E-state index is 11.7. The summed E-state index contributed by atoms with van der Waals surface area (Å²) in [5, 5.41) is 27.1. The molecule has 1 aliphatic heterocycles. The first-order valence-corrected chi connectivity index (χ1v) is 13.7. The van der Waals surface area contributed by atoms with E-state index in [2.05, 4.69) is 4.98 Å². The number of aromatic nitrogens is 1. The largest absolute Gasteiger partial charge is 0.490 e. The van der Waals surface area contributed by atoms with Crippen LogP contribution in [0.15, 0.2) is 88.2 Å². The second-order valence-electron chi connectivity index (χ2n) is 9.16. The van der Waals surface area contributed by atoms with Crippen molar-refractivity contribution in [3.8, 4) is 28.3 Å². The number of hydrogen-bond acceptors (Lipinski definition) is 8. The van der Waals surface area contributed by atoms with Crippen LogP contribution in [0.2, 0.25) is 0 Å². The van der Waals surface area contributed by atoms with E-state index in [-0.39, 0.29) is 17.4 Å². The maximum atomic E-state index is 11.7. The van der Waals surface area contributed by atoms with E-state index >= 15 is 0 Å². The van der Waals surface area contributed by atoms with Crippen LogP contribution in [0.4, 0.5) is 0 Å². The van der Waals surface area contributed by atoms with Crippen molar-refractivity contribution in [3.05, 3.63) is 90.3 Å². The third-order valence-corrected chi connectivity index (χ3v) is 7.45. The minimum Gasteiger partial charge on any atom is -0.490 e. The summed E-state index contributed by atoms with van der Waals surface area (Å²) in [5.41, 5.74) is 1.59. The summed E-state index contributed by atoms with van der Waals surface area (Å²) in [6.45, 7) is 0.839. The van der Waals surface area contributed by atoms with Crippen LogP contribution in [0.5, 0.6) is 5.75 Å². The van der Waals surface area contributed by atoms with Gasteiger partial charge in [-0.25, -0.2) is 18.5 Å². The highest BCUT2D eigenvalue weighted by molar-refractivity contribution is 7.89. The van der Waals surface area contributed by atoms with Crippen LogP contribution in [-0.2, 0) is 20.4 Å². The Morgan fingerprint density at radius 1 is 0.974 bits per heavy atom. The molecule has 198 valence electrons. The predicted molar refractivity (Wildman–Crippen MR) is 140 cm³/mol. The molecule has 10 heteroatoms. The van der Waals surface area contributed by atoms with Crippen molar-refractivity contribution < 1.29 is 32.5 Å². The molecule has 4 aromatic rings. The third kappa shape index (κ3) is 5.64. The van der Waals surface area contributed by atoms with Crippen LogP contribution in [0.3, 0.4) is 0 Å². The Kier molecular flexibility index (Phi) is 7.33. The number of benzene rings is 3. The van der Waals surface area contributed by atoms with Gasteiger partial charge in [0, 0.05) is 37.2 Å². The molecule has 38 heavy (non-hydrogen) atoms. The van der Waals surface area contributed by atoms with Crippen LogP contribution in [-0.4, -0.2) is 43.4 Å². The van der Waals surface area contributed by atoms with Gasteiger partial charge in [-0.3, -0.25) is 0 Å². The molecule has 2 heterocycles. The fraction of sp³-hybridized carbons (Fsp3) is 0.250. The lowest BCUT2D eigenvalue weighted by molar-refractivity contribution is -0.0680. The molecule has 1 saturated heterocycles. The third-order valence-electron chi connectivity index (χ3n) is 6.52. The number of ether oxygens (including phenoxy) is 2. The average Bonchev–Trinajstić information content (AvgIpc) is 3.38. The van der Waals surface area contributed by atoms with Gasteiger partial charge in [0.25, 0.3) is 0 Å². The van der Waals surface area contributed by atoms with E-state index in [9.17, 15) is 18.6 Å². The maximum Gasteiger partial charge on any atom is 0.238 e. The van der Waals surface area contributed by atoms with Crippen LogP contribution in [0, 0.1) is 0 Å². The van der Waals surface area contributed by atoms with Gasteiger partial charge in [-0.2, -0.15) is 0 Å². The van der Waals surface area contributed by atoms with Gasteiger partial charge in [-0.1, -0.05) is 42.5 Å². The standard InChI is InChI=1S/C28H28N2O7S/c29-38(33,34)23-11-9-20(10-12-23)26-25(19-5-2-1-3-6-19)30-27(37-26)24(31)18-36-22-8-4-7-21(17-22)28(32)13-15-35-16-14-28/h1-12,17,24,31-32H,13-16,18H2,(H2,29,33,34). The van der Waals surface area contributed by atoms with Crippen LogP contribution in [0.25, 0.3) is 22.6 Å². The number of primary sulfonamides is 1. The molecule has 4 N–H and O–H groups in total. The molecule has 5 rings (SSSR count). The van der Waals surface area contributed by atoms with Gasteiger partial charge >= 0.3 is 0 Å². The van der Waals surface area contributed by atoms with E-state index in [4.69, 9.17) is 19.0 Å². The monoisotopic (exact) mass is 536 g/mol. The fourth-order valence-corrected chi connectivity index (χ4v) is 4.90. The number of aliphatic hydroxyl groups excluding tert-OH is 1. The van der Waals surface area contributed by atoms with E-state index in [1.807, 2.05) is 36.4 Å². The van der Waals surface area contributed by atoms with E-state index in [0.29, 0.717) is 48.8 Å². The smallest absolute Gasteiger partial charge is 0.238 e. The summed E-state index contributed by atoms with van der Waals surface area (Å²) in [7, 11) is -3.84. The molecule has 0 saturated carbocycles. The lowest BCUT2D eigenvalue weighted by atomic mass is 9.86. The number of nitrogens with two attached hydrogens (primary N) is 1. The highest BCUT2D eigenvalue weighted by Crippen LogP contribution is 2.36. The minimum absolute atomic E-state index is 0.0247. The topological polar surface area (TPSA) is 145 Å². The number of sulfonamides is 1. The molecule has 1 aliphatic rings. The first-order valence-electron chi connectivity index (χ1n) is 12.1. The van der Waals surface area contributed by atoms with E-state index in [1.165, 1.54) is 12.1 Å². The fourth-order valence-electron chi connectivity index (χ4n) is 4.38.